The summed E-state index contributed by atoms with van der Waals surface area (Å²) in [5, 5.41) is 2.03. The number of rotatable bonds is 3. The van der Waals surface area contributed by atoms with Crippen molar-refractivity contribution in [2.75, 3.05) is 19.8 Å². The number of fused-ring (bicyclic) bond motifs is 1. The Balaban J connectivity index is 1.69. The Morgan fingerprint density at radius 3 is 2.12 bits per heavy atom. The molecule has 2 heterocycles. The van der Waals surface area contributed by atoms with Gasteiger partial charge in [0, 0.05) is 26.1 Å². The standard InChI is InChI=1S/C16H21F3N2O4/c17-16(18,19)15(5-7-25-8-6-15)20-12(22)9-21-13(23)10-3-1-2-4-11(10)14(21)24/h10-11H,1-9H2,(H,20,22). The van der Waals surface area contributed by atoms with E-state index in [-0.39, 0.29) is 26.1 Å². The molecule has 0 aromatic rings. The van der Waals surface area contributed by atoms with Gasteiger partial charge in [0.05, 0.1) is 11.8 Å². The summed E-state index contributed by atoms with van der Waals surface area (Å²) in [7, 11) is 0. The average molecular weight is 362 g/mol. The Labute approximate surface area is 143 Å². The summed E-state index contributed by atoms with van der Waals surface area (Å²) >= 11 is 0. The lowest BCUT2D eigenvalue weighted by molar-refractivity contribution is -0.217. The van der Waals surface area contributed by atoms with E-state index in [0.29, 0.717) is 12.8 Å². The highest BCUT2D eigenvalue weighted by molar-refractivity contribution is 6.07. The lowest BCUT2D eigenvalue weighted by Gasteiger charge is -2.39. The van der Waals surface area contributed by atoms with Gasteiger partial charge < -0.3 is 10.1 Å². The van der Waals surface area contributed by atoms with E-state index >= 15 is 0 Å². The number of amides is 3. The number of alkyl halides is 3. The van der Waals surface area contributed by atoms with Crippen LogP contribution in [0.5, 0.6) is 0 Å². The lowest BCUT2D eigenvalue weighted by atomic mass is 9.81. The quantitative estimate of drug-likeness (QED) is 0.770. The molecule has 0 bridgehead atoms. The molecule has 140 valence electrons. The third-order valence-corrected chi connectivity index (χ3v) is 5.50. The van der Waals surface area contributed by atoms with E-state index in [4.69, 9.17) is 4.74 Å². The molecule has 2 aliphatic heterocycles. The van der Waals surface area contributed by atoms with Crippen LogP contribution in [-0.4, -0.2) is 54.1 Å². The second-order valence-electron chi connectivity index (χ2n) is 7.00. The minimum atomic E-state index is -4.63. The van der Waals surface area contributed by atoms with E-state index in [0.717, 1.165) is 17.7 Å². The van der Waals surface area contributed by atoms with Crippen molar-refractivity contribution in [3.63, 3.8) is 0 Å². The van der Waals surface area contributed by atoms with Gasteiger partial charge in [-0.15, -0.1) is 0 Å². The zero-order valence-corrected chi connectivity index (χ0v) is 13.7. The Kier molecular flexibility index (Phi) is 4.78. The summed E-state index contributed by atoms with van der Waals surface area (Å²) in [5.74, 6) is -2.67. The predicted octanol–water partition coefficient (Wildman–Crippen LogP) is 1.39. The molecule has 1 saturated carbocycles. The molecule has 1 aliphatic carbocycles. The fraction of sp³-hybridized carbons (Fsp3) is 0.812. The molecule has 0 aromatic carbocycles. The van der Waals surface area contributed by atoms with Crippen LogP contribution >= 0.6 is 0 Å². The number of hydrogen-bond acceptors (Lipinski definition) is 4. The fourth-order valence-electron chi connectivity index (χ4n) is 4.04. The fourth-order valence-corrected chi connectivity index (χ4v) is 4.04. The normalized spacial score (nSPS) is 29.5. The van der Waals surface area contributed by atoms with Crippen molar-refractivity contribution >= 4 is 17.7 Å². The molecular weight excluding hydrogens is 341 g/mol. The van der Waals surface area contributed by atoms with Gasteiger partial charge in [0.25, 0.3) is 0 Å². The van der Waals surface area contributed by atoms with E-state index in [1.165, 1.54) is 0 Å². The summed E-state index contributed by atoms with van der Waals surface area (Å²) in [6, 6.07) is 0. The van der Waals surface area contributed by atoms with Crippen molar-refractivity contribution in [1.29, 1.82) is 0 Å². The maximum Gasteiger partial charge on any atom is 0.411 e. The first-order valence-electron chi connectivity index (χ1n) is 8.56. The number of halogens is 3. The number of carbonyl (C=O) groups is 3. The van der Waals surface area contributed by atoms with E-state index in [1.807, 2.05) is 5.32 Å². The molecule has 0 radical (unpaired) electrons. The van der Waals surface area contributed by atoms with Crippen LogP contribution in [0.25, 0.3) is 0 Å². The van der Waals surface area contributed by atoms with Gasteiger partial charge in [-0.3, -0.25) is 19.3 Å². The predicted molar refractivity (Wildman–Crippen MR) is 79.1 cm³/mol. The molecule has 0 aromatic heterocycles. The first-order valence-corrected chi connectivity index (χ1v) is 8.56. The molecule has 2 saturated heterocycles. The first kappa shape index (κ1) is 18.2. The number of nitrogens with zero attached hydrogens (tertiary/aromatic N) is 1. The summed E-state index contributed by atoms with van der Waals surface area (Å²) in [4.78, 5) is 37.7. The monoisotopic (exact) mass is 362 g/mol. The van der Waals surface area contributed by atoms with Crippen LogP contribution in [0.3, 0.4) is 0 Å². The number of carbonyl (C=O) groups excluding carboxylic acids is 3. The van der Waals surface area contributed by atoms with Gasteiger partial charge in [0.1, 0.15) is 12.1 Å². The SMILES string of the molecule is O=C(CN1C(=O)C2CCCCC2C1=O)NC1(C(F)(F)F)CCOCC1. The first-order chi connectivity index (χ1) is 11.8. The molecule has 25 heavy (non-hydrogen) atoms. The van der Waals surface area contributed by atoms with Crippen LogP contribution in [-0.2, 0) is 19.1 Å². The van der Waals surface area contributed by atoms with E-state index < -0.39 is 47.8 Å². The van der Waals surface area contributed by atoms with E-state index in [1.54, 1.807) is 0 Å². The van der Waals surface area contributed by atoms with Gasteiger partial charge >= 0.3 is 6.18 Å². The molecule has 2 unspecified atom stereocenters. The van der Waals surface area contributed by atoms with Gasteiger partial charge in [-0.1, -0.05) is 12.8 Å². The zero-order valence-electron chi connectivity index (χ0n) is 13.7. The van der Waals surface area contributed by atoms with Crippen molar-refractivity contribution in [2.24, 2.45) is 11.8 Å². The molecule has 6 nitrogen and oxygen atoms in total. The van der Waals surface area contributed by atoms with Crippen molar-refractivity contribution in [1.82, 2.24) is 10.2 Å². The number of imide groups is 1. The average Bonchev–Trinajstić information content (AvgIpc) is 2.80. The third kappa shape index (κ3) is 3.26. The lowest BCUT2D eigenvalue weighted by Crippen LogP contribution is -2.62. The van der Waals surface area contributed by atoms with E-state index in [2.05, 4.69) is 0 Å². The highest BCUT2D eigenvalue weighted by Crippen LogP contribution is 2.39. The molecule has 0 spiro atoms. The number of hydrogen-bond donors (Lipinski definition) is 1. The van der Waals surface area contributed by atoms with Crippen molar-refractivity contribution in [2.45, 2.75) is 50.2 Å². The van der Waals surface area contributed by atoms with Crippen LogP contribution in [0.15, 0.2) is 0 Å². The Hall–Kier alpha value is -1.64. The molecular formula is C16H21F3N2O4. The summed E-state index contributed by atoms with van der Waals surface area (Å²) in [6.07, 6.45) is -2.51. The van der Waals surface area contributed by atoms with Crippen LogP contribution < -0.4 is 5.32 Å². The van der Waals surface area contributed by atoms with Crippen LogP contribution in [0.1, 0.15) is 38.5 Å². The molecule has 2 atom stereocenters. The van der Waals surface area contributed by atoms with Crippen LogP contribution in [0.2, 0.25) is 0 Å². The maximum absolute atomic E-state index is 13.4. The van der Waals surface area contributed by atoms with Gasteiger partial charge in [-0.05, 0) is 12.8 Å². The molecule has 3 fully saturated rings. The smallest absolute Gasteiger partial charge is 0.381 e. The second kappa shape index (κ2) is 6.59. The summed E-state index contributed by atoms with van der Waals surface area (Å²) < 4.78 is 45.3. The molecule has 3 aliphatic rings. The van der Waals surface area contributed by atoms with Crippen molar-refractivity contribution in [3.05, 3.63) is 0 Å². The molecule has 1 N–H and O–H groups in total. The number of nitrogens with one attached hydrogen (secondary N) is 1. The Bertz CT molecular complexity index is 548. The minimum Gasteiger partial charge on any atom is -0.381 e. The number of ether oxygens (including phenoxy) is 1. The van der Waals surface area contributed by atoms with E-state index in [9.17, 15) is 27.6 Å². The van der Waals surface area contributed by atoms with Gasteiger partial charge in [0.2, 0.25) is 17.7 Å². The van der Waals surface area contributed by atoms with Crippen LogP contribution in [0.4, 0.5) is 13.2 Å². The van der Waals surface area contributed by atoms with Gasteiger partial charge in [-0.2, -0.15) is 13.2 Å². The van der Waals surface area contributed by atoms with Gasteiger partial charge in [-0.25, -0.2) is 0 Å². The van der Waals surface area contributed by atoms with Crippen molar-refractivity contribution in [3.8, 4) is 0 Å². The third-order valence-electron chi connectivity index (χ3n) is 5.50. The molecule has 9 heteroatoms. The van der Waals surface area contributed by atoms with Crippen LogP contribution in [0, 0.1) is 11.8 Å². The maximum atomic E-state index is 13.4. The second-order valence-corrected chi connectivity index (χ2v) is 7.00. The Morgan fingerprint density at radius 2 is 1.64 bits per heavy atom. The number of likely N-dealkylation sites (tertiary alicyclic amines) is 1. The highest BCUT2D eigenvalue weighted by atomic mass is 19.4. The Morgan fingerprint density at radius 1 is 1.12 bits per heavy atom. The van der Waals surface area contributed by atoms with Gasteiger partial charge in [0.15, 0.2) is 0 Å². The summed E-state index contributed by atoms with van der Waals surface area (Å²) in [6.45, 7) is -0.861. The zero-order chi connectivity index (χ0) is 18.2. The molecule has 3 amide bonds. The van der Waals surface area contributed by atoms with Crippen molar-refractivity contribution < 1.29 is 32.3 Å². The topological polar surface area (TPSA) is 75.7 Å². The highest BCUT2D eigenvalue weighted by Gasteiger charge is 2.56. The molecule has 3 rings (SSSR count). The summed E-state index contributed by atoms with van der Waals surface area (Å²) in [5.41, 5.74) is -2.36. The minimum absolute atomic E-state index is 0.106. The largest absolute Gasteiger partial charge is 0.411 e.